The quantitative estimate of drug-likeness (QED) is 0.782. The standard InChI is InChI=1S/C14H16FNO3/c1-19-14(18)9-16-6-5-11(8-13(16)17)10-3-2-4-12(15)7-10/h2-4,7,11H,5-6,8-9H2,1H3/t11-/m0/s1. The lowest BCUT2D eigenvalue weighted by atomic mass is 9.89. The number of esters is 1. The number of carbonyl (C=O) groups excluding carboxylic acids is 2. The summed E-state index contributed by atoms with van der Waals surface area (Å²) in [5, 5.41) is 0. The first-order chi connectivity index (χ1) is 9.10. The van der Waals surface area contributed by atoms with E-state index < -0.39 is 5.97 Å². The first kappa shape index (κ1) is 13.5. The number of halogens is 1. The molecule has 5 heteroatoms. The van der Waals surface area contributed by atoms with E-state index in [1.807, 2.05) is 6.07 Å². The van der Waals surface area contributed by atoms with Gasteiger partial charge in [-0.25, -0.2) is 4.39 Å². The molecule has 19 heavy (non-hydrogen) atoms. The Hall–Kier alpha value is -1.91. The van der Waals surface area contributed by atoms with Crippen molar-refractivity contribution >= 4 is 11.9 Å². The van der Waals surface area contributed by atoms with Crippen LogP contribution in [0.4, 0.5) is 4.39 Å². The van der Waals surface area contributed by atoms with Crippen LogP contribution in [-0.4, -0.2) is 37.0 Å². The second-order valence-corrected chi connectivity index (χ2v) is 4.64. The molecule has 1 atom stereocenters. The number of ether oxygens (including phenoxy) is 1. The fourth-order valence-corrected chi connectivity index (χ4v) is 2.31. The number of carbonyl (C=O) groups is 2. The van der Waals surface area contributed by atoms with Crippen molar-refractivity contribution < 1.29 is 18.7 Å². The number of rotatable bonds is 3. The van der Waals surface area contributed by atoms with E-state index in [1.54, 1.807) is 6.07 Å². The van der Waals surface area contributed by atoms with Crippen LogP contribution in [0.15, 0.2) is 24.3 Å². The maximum atomic E-state index is 13.2. The van der Waals surface area contributed by atoms with Gasteiger partial charge < -0.3 is 9.64 Å². The summed E-state index contributed by atoms with van der Waals surface area (Å²) < 4.78 is 17.7. The van der Waals surface area contributed by atoms with Gasteiger partial charge in [0.25, 0.3) is 0 Å². The molecule has 0 N–H and O–H groups in total. The van der Waals surface area contributed by atoms with Crippen molar-refractivity contribution in [1.29, 1.82) is 0 Å². The van der Waals surface area contributed by atoms with Gasteiger partial charge in [0.05, 0.1) is 7.11 Å². The summed E-state index contributed by atoms with van der Waals surface area (Å²) in [5.41, 5.74) is 0.839. The van der Waals surface area contributed by atoms with Gasteiger partial charge in [-0.15, -0.1) is 0 Å². The van der Waals surface area contributed by atoms with Crippen molar-refractivity contribution in [3.63, 3.8) is 0 Å². The van der Waals surface area contributed by atoms with Gasteiger partial charge in [-0.3, -0.25) is 9.59 Å². The molecule has 102 valence electrons. The summed E-state index contributed by atoms with van der Waals surface area (Å²) in [4.78, 5) is 24.6. The zero-order valence-electron chi connectivity index (χ0n) is 10.8. The highest BCUT2D eigenvalue weighted by atomic mass is 19.1. The van der Waals surface area contributed by atoms with Crippen LogP contribution < -0.4 is 0 Å². The van der Waals surface area contributed by atoms with Crippen LogP contribution in [0.25, 0.3) is 0 Å². The highest BCUT2D eigenvalue weighted by Gasteiger charge is 2.28. The maximum Gasteiger partial charge on any atom is 0.325 e. The zero-order chi connectivity index (χ0) is 13.8. The number of amides is 1. The fourth-order valence-electron chi connectivity index (χ4n) is 2.31. The lowest BCUT2D eigenvalue weighted by Gasteiger charge is -2.31. The molecule has 1 amide bonds. The van der Waals surface area contributed by atoms with Crippen LogP contribution in [0.2, 0.25) is 0 Å². The van der Waals surface area contributed by atoms with Gasteiger partial charge in [0.1, 0.15) is 12.4 Å². The van der Waals surface area contributed by atoms with Crippen molar-refractivity contribution in [3.05, 3.63) is 35.6 Å². The van der Waals surface area contributed by atoms with Crippen molar-refractivity contribution in [3.8, 4) is 0 Å². The number of nitrogens with zero attached hydrogens (tertiary/aromatic N) is 1. The number of likely N-dealkylation sites (tertiary alicyclic amines) is 1. The molecule has 4 nitrogen and oxygen atoms in total. The molecule has 0 saturated carbocycles. The molecule has 1 aromatic carbocycles. The van der Waals surface area contributed by atoms with Gasteiger partial charge in [0.15, 0.2) is 0 Å². The van der Waals surface area contributed by atoms with E-state index in [0.717, 1.165) is 12.0 Å². The van der Waals surface area contributed by atoms with Crippen molar-refractivity contribution in [2.24, 2.45) is 0 Å². The molecule has 0 unspecified atom stereocenters. The van der Waals surface area contributed by atoms with Crippen molar-refractivity contribution in [2.75, 3.05) is 20.2 Å². The Morgan fingerprint density at radius 2 is 2.32 bits per heavy atom. The monoisotopic (exact) mass is 265 g/mol. The Kier molecular flexibility index (Phi) is 4.14. The molecular weight excluding hydrogens is 249 g/mol. The largest absolute Gasteiger partial charge is 0.468 e. The van der Waals surface area contributed by atoms with Crippen LogP contribution >= 0.6 is 0 Å². The third-order valence-corrected chi connectivity index (χ3v) is 3.39. The van der Waals surface area contributed by atoms with Gasteiger partial charge >= 0.3 is 5.97 Å². The van der Waals surface area contributed by atoms with Gasteiger partial charge in [0.2, 0.25) is 5.91 Å². The zero-order valence-corrected chi connectivity index (χ0v) is 10.8. The average molecular weight is 265 g/mol. The minimum Gasteiger partial charge on any atom is -0.468 e. The highest BCUT2D eigenvalue weighted by molar-refractivity contribution is 5.83. The lowest BCUT2D eigenvalue weighted by Crippen LogP contribution is -2.41. The molecule has 0 bridgehead atoms. The lowest BCUT2D eigenvalue weighted by molar-refractivity contribution is -0.148. The smallest absolute Gasteiger partial charge is 0.325 e. The Morgan fingerprint density at radius 1 is 1.53 bits per heavy atom. The number of benzene rings is 1. The van der Waals surface area contributed by atoms with Crippen LogP contribution in [0, 0.1) is 5.82 Å². The Morgan fingerprint density at radius 3 is 2.95 bits per heavy atom. The predicted molar refractivity (Wildman–Crippen MR) is 67.0 cm³/mol. The molecule has 1 aliphatic rings. The molecule has 2 rings (SSSR count). The molecule has 0 spiro atoms. The third kappa shape index (κ3) is 3.30. The number of piperidine rings is 1. The molecule has 1 fully saturated rings. The first-order valence-electron chi connectivity index (χ1n) is 6.20. The van der Waals surface area contributed by atoms with E-state index in [4.69, 9.17) is 0 Å². The molecule has 0 radical (unpaired) electrons. The maximum absolute atomic E-state index is 13.2. The van der Waals surface area contributed by atoms with E-state index in [9.17, 15) is 14.0 Å². The summed E-state index contributed by atoms with van der Waals surface area (Å²) in [6.45, 7) is 0.486. The molecule has 0 aromatic heterocycles. The molecule has 1 aliphatic heterocycles. The second kappa shape index (κ2) is 5.82. The van der Waals surface area contributed by atoms with Gasteiger partial charge in [-0.2, -0.15) is 0 Å². The Bertz CT molecular complexity index is 489. The first-order valence-corrected chi connectivity index (χ1v) is 6.20. The molecular formula is C14H16FNO3. The van der Waals surface area contributed by atoms with Crippen LogP contribution in [0.1, 0.15) is 24.3 Å². The SMILES string of the molecule is COC(=O)CN1CC[C@H](c2cccc(F)c2)CC1=O. The number of hydrogen-bond acceptors (Lipinski definition) is 3. The Balaban J connectivity index is 2.00. The van der Waals surface area contributed by atoms with Crippen molar-refractivity contribution in [1.82, 2.24) is 4.90 Å². The van der Waals surface area contributed by atoms with Gasteiger partial charge in [0, 0.05) is 13.0 Å². The molecule has 1 aromatic rings. The van der Waals surface area contributed by atoms with Crippen LogP contribution in [0.3, 0.4) is 0 Å². The average Bonchev–Trinajstić information content (AvgIpc) is 2.41. The predicted octanol–water partition coefficient (Wildman–Crippen LogP) is 1.70. The highest BCUT2D eigenvalue weighted by Crippen LogP contribution is 2.28. The summed E-state index contributed by atoms with van der Waals surface area (Å²) >= 11 is 0. The summed E-state index contributed by atoms with van der Waals surface area (Å²) in [6, 6.07) is 6.33. The van der Waals surface area contributed by atoms with E-state index in [-0.39, 0.29) is 24.2 Å². The minimum atomic E-state index is -0.419. The fraction of sp³-hybridized carbons (Fsp3) is 0.429. The Labute approximate surface area is 111 Å². The molecule has 0 aliphatic carbocycles. The minimum absolute atomic E-state index is 0.00873. The van der Waals surface area contributed by atoms with Gasteiger partial charge in [-0.05, 0) is 30.0 Å². The number of methoxy groups -OCH3 is 1. The van der Waals surface area contributed by atoms with Crippen molar-refractivity contribution in [2.45, 2.75) is 18.8 Å². The summed E-state index contributed by atoms with van der Waals surface area (Å²) in [5.74, 6) is -0.775. The van der Waals surface area contributed by atoms with E-state index in [1.165, 1.54) is 24.1 Å². The molecule has 1 saturated heterocycles. The van der Waals surface area contributed by atoms with E-state index >= 15 is 0 Å². The van der Waals surface area contributed by atoms with E-state index in [0.29, 0.717) is 13.0 Å². The summed E-state index contributed by atoms with van der Waals surface area (Å²) in [7, 11) is 1.30. The van der Waals surface area contributed by atoms with E-state index in [2.05, 4.69) is 4.74 Å². The third-order valence-electron chi connectivity index (χ3n) is 3.39. The normalized spacial score (nSPS) is 19.4. The van der Waals surface area contributed by atoms with Crippen LogP contribution in [0.5, 0.6) is 0 Å². The number of hydrogen-bond donors (Lipinski definition) is 0. The topological polar surface area (TPSA) is 46.6 Å². The van der Waals surface area contributed by atoms with Gasteiger partial charge in [-0.1, -0.05) is 12.1 Å². The van der Waals surface area contributed by atoms with Crippen LogP contribution in [-0.2, 0) is 14.3 Å². The molecule has 1 heterocycles. The summed E-state index contributed by atoms with van der Waals surface area (Å²) in [6.07, 6.45) is 1.03. The second-order valence-electron chi connectivity index (χ2n) is 4.64.